The quantitative estimate of drug-likeness (QED) is 0.735. The Morgan fingerprint density at radius 2 is 2.12 bits per heavy atom. The van der Waals surface area contributed by atoms with E-state index in [1.807, 2.05) is 19.3 Å². The molecule has 1 fully saturated rings. The Hall–Kier alpha value is -2.55. The molecule has 3 heterocycles. The summed E-state index contributed by atoms with van der Waals surface area (Å²) in [5.41, 5.74) is 0.777. The molecular formula is C17H18FN5O2S. The topological polar surface area (TPSA) is 91.8 Å². The molecule has 3 aromatic heterocycles. The smallest absolute Gasteiger partial charge is 0.180 e. The summed E-state index contributed by atoms with van der Waals surface area (Å²) in [7, 11) is -1.58. The van der Waals surface area contributed by atoms with Crippen LogP contribution in [0.5, 0.6) is 0 Å². The normalized spacial score (nSPS) is 20.1. The number of aromatic amines is 1. The highest BCUT2D eigenvalue weighted by Crippen LogP contribution is 2.36. The number of hydrogen-bond donors (Lipinski definition) is 1. The summed E-state index contributed by atoms with van der Waals surface area (Å²) in [4.78, 5) is 17.3. The molecule has 0 amide bonds. The van der Waals surface area contributed by atoms with Crippen LogP contribution in [0.15, 0.2) is 41.9 Å². The summed E-state index contributed by atoms with van der Waals surface area (Å²) >= 11 is 0. The van der Waals surface area contributed by atoms with Crippen molar-refractivity contribution in [3.05, 3.63) is 42.9 Å². The number of hydrogen-bond acceptors (Lipinski definition) is 6. The maximum atomic E-state index is 13.2. The molecule has 0 radical (unpaired) electrons. The van der Waals surface area contributed by atoms with Crippen LogP contribution in [0.4, 0.5) is 10.2 Å². The van der Waals surface area contributed by atoms with Crippen LogP contribution in [0.3, 0.4) is 0 Å². The van der Waals surface area contributed by atoms with E-state index in [0.29, 0.717) is 0 Å². The summed E-state index contributed by atoms with van der Waals surface area (Å²) in [6.45, 7) is 0. The summed E-state index contributed by atoms with van der Waals surface area (Å²) in [6.07, 6.45) is 7.02. The van der Waals surface area contributed by atoms with E-state index in [1.54, 1.807) is 0 Å². The van der Waals surface area contributed by atoms with Crippen LogP contribution in [0.1, 0.15) is 12.8 Å². The minimum Gasteiger partial charge on any atom is -0.356 e. The molecule has 0 spiro atoms. The number of rotatable bonds is 5. The van der Waals surface area contributed by atoms with Crippen molar-refractivity contribution in [2.24, 2.45) is 5.92 Å². The highest BCUT2D eigenvalue weighted by Gasteiger charge is 2.36. The Balaban J connectivity index is 1.43. The molecule has 0 bridgehead atoms. The van der Waals surface area contributed by atoms with Crippen LogP contribution in [0.2, 0.25) is 0 Å². The number of sulfone groups is 1. The fourth-order valence-electron chi connectivity index (χ4n) is 3.43. The Labute approximate surface area is 150 Å². The Morgan fingerprint density at radius 1 is 1.31 bits per heavy atom. The minimum atomic E-state index is -3.53. The van der Waals surface area contributed by atoms with Crippen molar-refractivity contribution >= 4 is 26.7 Å². The molecule has 26 heavy (non-hydrogen) atoms. The molecule has 0 atom stereocenters. The molecule has 136 valence electrons. The van der Waals surface area contributed by atoms with E-state index in [1.165, 1.54) is 12.5 Å². The molecule has 0 aliphatic heterocycles. The molecule has 0 unspecified atom stereocenters. The zero-order valence-corrected chi connectivity index (χ0v) is 14.9. The van der Waals surface area contributed by atoms with Gasteiger partial charge in [0, 0.05) is 25.5 Å². The van der Waals surface area contributed by atoms with Crippen LogP contribution in [-0.4, -0.2) is 47.2 Å². The third kappa shape index (κ3) is 3.03. The molecule has 1 saturated carbocycles. The molecule has 1 aliphatic rings. The van der Waals surface area contributed by atoms with Crippen LogP contribution < -0.4 is 4.90 Å². The van der Waals surface area contributed by atoms with E-state index in [2.05, 4.69) is 24.8 Å². The third-order valence-electron chi connectivity index (χ3n) is 4.92. The largest absolute Gasteiger partial charge is 0.356 e. The van der Waals surface area contributed by atoms with Gasteiger partial charge < -0.3 is 9.88 Å². The zero-order chi connectivity index (χ0) is 18.3. The Bertz CT molecular complexity index is 1050. The maximum Gasteiger partial charge on any atom is 0.180 e. The fraction of sp³-hybridized carbons (Fsp3) is 0.353. The van der Waals surface area contributed by atoms with Gasteiger partial charge in [-0.3, -0.25) is 4.98 Å². The first-order chi connectivity index (χ1) is 12.4. The zero-order valence-electron chi connectivity index (χ0n) is 14.1. The van der Waals surface area contributed by atoms with Gasteiger partial charge >= 0.3 is 0 Å². The summed E-state index contributed by atoms with van der Waals surface area (Å²) in [5.74, 6) is 0.235. The average molecular weight is 375 g/mol. The van der Waals surface area contributed by atoms with E-state index < -0.39 is 15.7 Å². The number of halogens is 1. The molecular weight excluding hydrogens is 357 g/mol. The van der Waals surface area contributed by atoms with E-state index in [0.717, 1.165) is 42.0 Å². The first-order valence-electron chi connectivity index (χ1n) is 8.28. The lowest BCUT2D eigenvalue weighted by Gasteiger charge is -2.41. The van der Waals surface area contributed by atoms with Crippen molar-refractivity contribution < 1.29 is 12.8 Å². The molecule has 1 aliphatic carbocycles. The highest BCUT2D eigenvalue weighted by atomic mass is 32.2. The summed E-state index contributed by atoms with van der Waals surface area (Å²) in [6, 6.07) is 3.17. The van der Waals surface area contributed by atoms with Gasteiger partial charge in [-0.05, 0) is 30.9 Å². The second-order valence-corrected chi connectivity index (χ2v) is 8.69. The van der Waals surface area contributed by atoms with Crippen molar-refractivity contribution in [2.75, 3.05) is 17.7 Å². The fourth-order valence-corrected chi connectivity index (χ4v) is 5.03. The van der Waals surface area contributed by atoms with Crippen molar-refractivity contribution in [1.82, 2.24) is 19.9 Å². The van der Waals surface area contributed by atoms with Crippen molar-refractivity contribution in [3.63, 3.8) is 0 Å². The van der Waals surface area contributed by atoms with Crippen LogP contribution in [0.25, 0.3) is 11.0 Å². The lowest BCUT2D eigenvalue weighted by molar-refractivity contribution is 0.282. The first-order valence-corrected chi connectivity index (χ1v) is 9.93. The summed E-state index contributed by atoms with van der Waals surface area (Å²) < 4.78 is 38.1. The van der Waals surface area contributed by atoms with Gasteiger partial charge in [-0.1, -0.05) is 0 Å². The monoisotopic (exact) mass is 375 g/mol. The van der Waals surface area contributed by atoms with Gasteiger partial charge in [-0.2, -0.15) is 0 Å². The Morgan fingerprint density at radius 3 is 2.88 bits per heavy atom. The predicted octanol–water partition coefficient (Wildman–Crippen LogP) is 2.18. The van der Waals surface area contributed by atoms with Crippen LogP contribution in [-0.2, 0) is 9.84 Å². The van der Waals surface area contributed by atoms with Crippen LogP contribution >= 0.6 is 0 Å². The van der Waals surface area contributed by atoms with Gasteiger partial charge in [0.15, 0.2) is 9.84 Å². The molecule has 9 heteroatoms. The van der Waals surface area contributed by atoms with Gasteiger partial charge in [0.05, 0.1) is 22.2 Å². The molecule has 3 aromatic rings. The minimum absolute atomic E-state index is 0.00577. The highest BCUT2D eigenvalue weighted by molar-refractivity contribution is 7.91. The molecule has 4 rings (SSSR count). The van der Waals surface area contributed by atoms with Gasteiger partial charge in [0.25, 0.3) is 0 Å². The molecule has 0 aromatic carbocycles. The lowest BCUT2D eigenvalue weighted by Crippen LogP contribution is -2.45. The van der Waals surface area contributed by atoms with E-state index in [-0.39, 0.29) is 22.6 Å². The lowest BCUT2D eigenvalue weighted by atomic mass is 9.81. The van der Waals surface area contributed by atoms with Gasteiger partial charge in [-0.15, -0.1) is 0 Å². The van der Waals surface area contributed by atoms with Crippen LogP contribution in [0, 0.1) is 11.7 Å². The number of fused-ring (bicyclic) bond motifs is 1. The number of nitrogens with one attached hydrogen (secondary N) is 1. The number of pyridine rings is 1. The maximum absolute atomic E-state index is 13.2. The number of aromatic nitrogens is 4. The SMILES string of the molecule is CN(c1ncnc2[nH]ccc12)C1CC(CS(=O)(=O)c2cncc(F)c2)C1. The predicted molar refractivity (Wildman–Crippen MR) is 95.1 cm³/mol. The van der Waals surface area contributed by atoms with E-state index in [4.69, 9.17) is 0 Å². The second-order valence-electron chi connectivity index (χ2n) is 6.66. The number of nitrogens with zero attached hydrogens (tertiary/aromatic N) is 4. The molecule has 1 N–H and O–H groups in total. The third-order valence-corrected chi connectivity index (χ3v) is 6.77. The van der Waals surface area contributed by atoms with E-state index >= 15 is 0 Å². The summed E-state index contributed by atoms with van der Waals surface area (Å²) in [5, 5.41) is 0.942. The van der Waals surface area contributed by atoms with Crippen molar-refractivity contribution in [2.45, 2.75) is 23.8 Å². The molecule has 0 saturated heterocycles. The van der Waals surface area contributed by atoms with E-state index in [9.17, 15) is 12.8 Å². The van der Waals surface area contributed by atoms with Crippen molar-refractivity contribution in [1.29, 1.82) is 0 Å². The Kier molecular flexibility index (Phi) is 4.10. The van der Waals surface area contributed by atoms with Gasteiger partial charge in [0.1, 0.15) is 23.6 Å². The van der Waals surface area contributed by atoms with Gasteiger partial charge in [-0.25, -0.2) is 22.8 Å². The average Bonchev–Trinajstić information content (AvgIpc) is 3.06. The van der Waals surface area contributed by atoms with Crippen molar-refractivity contribution in [3.8, 4) is 0 Å². The number of anilines is 1. The number of H-pyrrole nitrogens is 1. The van der Waals surface area contributed by atoms with Gasteiger partial charge in [0.2, 0.25) is 0 Å². The standard InChI is InChI=1S/C17H18FN5O2S/c1-23(17-15-2-3-20-16(15)21-10-22-17)13-4-11(5-13)9-26(24,25)14-6-12(18)7-19-8-14/h2-3,6-8,10-11,13H,4-5,9H2,1H3,(H,20,21,22). The molecule has 7 nitrogen and oxygen atoms in total. The second kappa shape index (κ2) is 6.31. The first kappa shape index (κ1) is 16.9.